The van der Waals surface area contributed by atoms with Gasteiger partial charge < -0.3 is 4.90 Å². The topological polar surface area (TPSA) is 61.9 Å². The lowest BCUT2D eigenvalue weighted by Gasteiger charge is -2.15. The van der Waals surface area contributed by atoms with E-state index in [2.05, 4.69) is 22.1 Å². The summed E-state index contributed by atoms with van der Waals surface area (Å²) < 4.78 is 0. The van der Waals surface area contributed by atoms with Crippen LogP contribution in [0.5, 0.6) is 0 Å². The number of amides is 1. The molecular formula is C18H20N4O. The molecule has 0 saturated heterocycles. The van der Waals surface area contributed by atoms with Crippen LogP contribution >= 0.6 is 0 Å². The van der Waals surface area contributed by atoms with Gasteiger partial charge in [-0.05, 0) is 24.6 Å². The summed E-state index contributed by atoms with van der Waals surface area (Å²) in [6, 6.07) is 13.8. The Labute approximate surface area is 135 Å². The largest absolute Gasteiger partial charge is 0.334 e. The maximum absolute atomic E-state index is 12.4. The highest BCUT2D eigenvalue weighted by Crippen LogP contribution is 2.13. The van der Waals surface area contributed by atoms with E-state index in [0.717, 1.165) is 35.1 Å². The highest BCUT2D eigenvalue weighted by atomic mass is 16.2. The predicted octanol–water partition coefficient (Wildman–Crippen LogP) is 3.18. The SMILES string of the molecule is CCCc1cc(C(=O)N(C)Cc2ccc3ccccc3n2)n[nH]1. The molecule has 0 aliphatic rings. The number of aryl methyl sites for hydroxylation is 1. The highest BCUT2D eigenvalue weighted by Gasteiger charge is 2.16. The van der Waals surface area contributed by atoms with Gasteiger partial charge in [-0.15, -0.1) is 0 Å². The van der Waals surface area contributed by atoms with E-state index in [4.69, 9.17) is 0 Å². The number of para-hydroxylation sites is 1. The predicted molar refractivity (Wildman–Crippen MR) is 90.1 cm³/mol. The fourth-order valence-corrected chi connectivity index (χ4v) is 2.58. The van der Waals surface area contributed by atoms with E-state index in [1.807, 2.05) is 42.5 Å². The zero-order valence-corrected chi connectivity index (χ0v) is 13.4. The van der Waals surface area contributed by atoms with Gasteiger partial charge in [0.2, 0.25) is 0 Å². The first-order chi connectivity index (χ1) is 11.2. The van der Waals surface area contributed by atoms with Crippen molar-refractivity contribution in [2.75, 3.05) is 7.05 Å². The van der Waals surface area contributed by atoms with Crippen molar-refractivity contribution >= 4 is 16.8 Å². The maximum Gasteiger partial charge on any atom is 0.274 e. The minimum Gasteiger partial charge on any atom is -0.334 e. The average Bonchev–Trinajstić information content (AvgIpc) is 3.03. The third kappa shape index (κ3) is 3.39. The Morgan fingerprint density at radius 2 is 2.04 bits per heavy atom. The van der Waals surface area contributed by atoms with Crippen LogP contribution in [-0.2, 0) is 13.0 Å². The number of aromatic amines is 1. The van der Waals surface area contributed by atoms with E-state index in [-0.39, 0.29) is 5.91 Å². The summed E-state index contributed by atoms with van der Waals surface area (Å²) in [5, 5.41) is 8.13. The van der Waals surface area contributed by atoms with E-state index < -0.39 is 0 Å². The van der Waals surface area contributed by atoms with Gasteiger partial charge in [0.05, 0.1) is 17.8 Å². The number of nitrogens with one attached hydrogen (secondary N) is 1. The molecule has 1 amide bonds. The van der Waals surface area contributed by atoms with Crippen LogP contribution in [0.25, 0.3) is 10.9 Å². The molecule has 5 heteroatoms. The lowest BCUT2D eigenvalue weighted by Crippen LogP contribution is -2.26. The molecule has 1 aromatic carbocycles. The Morgan fingerprint density at radius 3 is 2.87 bits per heavy atom. The molecule has 5 nitrogen and oxygen atoms in total. The van der Waals surface area contributed by atoms with Crippen LogP contribution in [0.15, 0.2) is 42.5 Å². The van der Waals surface area contributed by atoms with Gasteiger partial charge >= 0.3 is 0 Å². The number of H-pyrrole nitrogens is 1. The quantitative estimate of drug-likeness (QED) is 0.787. The van der Waals surface area contributed by atoms with E-state index in [9.17, 15) is 4.79 Å². The van der Waals surface area contributed by atoms with Gasteiger partial charge in [-0.25, -0.2) is 0 Å². The van der Waals surface area contributed by atoms with Gasteiger partial charge in [-0.2, -0.15) is 5.10 Å². The second kappa shape index (κ2) is 6.60. The zero-order valence-electron chi connectivity index (χ0n) is 13.4. The Bertz CT molecular complexity index is 825. The summed E-state index contributed by atoms with van der Waals surface area (Å²) in [6.45, 7) is 2.56. The lowest BCUT2D eigenvalue weighted by atomic mass is 10.2. The van der Waals surface area contributed by atoms with Crippen LogP contribution in [0.3, 0.4) is 0 Å². The van der Waals surface area contributed by atoms with Gasteiger partial charge in [-0.3, -0.25) is 14.9 Å². The molecular weight excluding hydrogens is 288 g/mol. The number of benzene rings is 1. The number of hydrogen-bond acceptors (Lipinski definition) is 3. The number of carbonyl (C=O) groups is 1. The number of nitrogens with zero attached hydrogens (tertiary/aromatic N) is 3. The Balaban J connectivity index is 1.73. The first kappa shape index (κ1) is 15.2. The van der Waals surface area contributed by atoms with Gasteiger partial charge in [0, 0.05) is 18.1 Å². The van der Waals surface area contributed by atoms with Gasteiger partial charge in [0.15, 0.2) is 0 Å². The smallest absolute Gasteiger partial charge is 0.274 e. The molecule has 0 atom stereocenters. The van der Waals surface area contributed by atoms with Gasteiger partial charge in [0.1, 0.15) is 5.69 Å². The molecule has 0 unspecified atom stereocenters. The molecule has 0 spiro atoms. The molecule has 0 aliphatic heterocycles. The minimum atomic E-state index is -0.0986. The number of aromatic nitrogens is 3. The molecule has 2 aromatic heterocycles. The summed E-state index contributed by atoms with van der Waals surface area (Å²) in [7, 11) is 1.77. The maximum atomic E-state index is 12.4. The molecule has 3 aromatic rings. The van der Waals surface area contributed by atoms with Crippen molar-refractivity contribution in [3.05, 3.63) is 59.5 Å². The van der Waals surface area contributed by atoms with Crippen LogP contribution in [0, 0.1) is 0 Å². The molecule has 0 bridgehead atoms. The monoisotopic (exact) mass is 308 g/mol. The number of rotatable bonds is 5. The molecule has 0 aliphatic carbocycles. The molecule has 2 heterocycles. The van der Waals surface area contributed by atoms with Crippen LogP contribution in [0.2, 0.25) is 0 Å². The molecule has 3 rings (SSSR count). The van der Waals surface area contributed by atoms with Crippen molar-refractivity contribution in [1.82, 2.24) is 20.1 Å². The Hall–Kier alpha value is -2.69. The third-order valence-corrected chi connectivity index (χ3v) is 3.77. The van der Waals surface area contributed by atoms with Gasteiger partial charge in [-0.1, -0.05) is 37.6 Å². The number of carbonyl (C=O) groups excluding carboxylic acids is 1. The lowest BCUT2D eigenvalue weighted by molar-refractivity contribution is 0.0777. The summed E-state index contributed by atoms with van der Waals surface area (Å²) in [4.78, 5) is 18.7. The van der Waals surface area contributed by atoms with E-state index >= 15 is 0 Å². The number of fused-ring (bicyclic) bond motifs is 1. The summed E-state index contributed by atoms with van der Waals surface area (Å²) in [6.07, 6.45) is 1.92. The minimum absolute atomic E-state index is 0.0986. The van der Waals surface area contributed by atoms with Crippen LogP contribution in [0.1, 0.15) is 35.2 Å². The molecule has 118 valence electrons. The molecule has 1 N–H and O–H groups in total. The summed E-state index contributed by atoms with van der Waals surface area (Å²) >= 11 is 0. The highest BCUT2D eigenvalue weighted by molar-refractivity contribution is 5.92. The Morgan fingerprint density at radius 1 is 1.22 bits per heavy atom. The average molecular weight is 308 g/mol. The zero-order chi connectivity index (χ0) is 16.2. The fourth-order valence-electron chi connectivity index (χ4n) is 2.58. The normalized spacial score (nSPS) is 10.9. The van der Waals surface area contributed by atoms with Crippen molar-refractivity contribution in [3.8, 4) is 0 Å². The second-order valence-corrected chi connectivity index (χ2v) is 5.68. The summed E-state index contributed by atoms with van der Waals surface area (Å²) in [5.74, 6) is -0.0986. The van der Waals surface area contributed by atoms with Crippen LogP contribution in [-0.4, -0.2) is 33.0 Å². The molecule has 0 fully saturated rings. The first-order valence-electron chi connectivity index (χ1n) is 7.82. The van der Waals surface area contributed by atoms with E-state index in [1.165, 1.54) is 0 Å². The van der Waals surface area contributed by atoms with E-state index in [1.54, 1.807) is 11.9 Å². The second-order valence-electron chi connectivity index (χ2n) is 5.68. The third-order valence-electron chi connectivity index (χ3n) is 3.77. The summed E-state index contributed by atoms with van der Waals surface area (Å²) in [5.41, 5.74) is 3.25. The van der Waals surface area contributed by atoms with Crippen molar-refractivity contribution in [2.24, 2.45) is 0 Å². The molecule has 0 radical (unpaired) electrons. The van der Waals surface area contributed by atoms with Crippen LogP contribution < -0.4 is 0 Å². The van der Waals surface area contributed by atoms with Crippen molar-refractivity contribution in [3.63, 3.8) is 0 Å². The Kier molecular flexibility index (Phi) is 4.37. The van der Waals surface area contributed by atoms with E-state index in [0.29, 0.717) is 12.2 Å². The standard InChI is InChI=1S/C18H20N4O/c1-3-6-14-11-17(21-20-14)18(23)22(2)12-15-10-9-13-7-4-5-8-16(13)19-15/h4-5,7-11H,3,6,12H2,1-2H3,(H,20,21). The van der Waals surface area contributed by atoms with Gasteiger partial charge in [0.25, 0.3) is 5.91 Å². The number of pyridine rings is 1. The number of hydrogen-bond donors (Lipinski definition) is 1. The first-order valence-corrected chi connectivity index (χ1v) is 7.82. The molecule has 23 heavy (non-hydrogen) atoms. The van der Waals surface area contributed by atoms with Crippen molar-refractivity contribution in [1.29, 1.82) is 0 Å². The van der Waals surface area contributed by atoms with Crippen LogP contribution in [0.4, 0.5) is 0 Å². The van der Waals surface area contributed by atoms with Crippen molar-refractivity contribution < 1.29 is 4.79 Å². The molecule has 0 saturated carbocycles. The fraction of sp³-hybridized carbons (Fsp3) is 0.278. The van der Waals surface area contributed by atoms with Crippen molar-refractivity contribution in [2.45, 2.75) is 26.3 Å².